The molecule has 3 rings (SSSR count). The average molecular weight is 296 g/mol. The molecule has 1 amide bonds. The third-order valence-corrected chi connectivity index (χ3v) is 3.92. The van der Waals surface area contributed by atoms with Crippen LogP contribution in [0.1, 0.15) is 5.56 Å². The summed E-state index contributed by atoms with van der Waals surface area (Å²) in [5, 5.41) is 0. The van der Waals surface area contributed by atoms with Crippen LogP contribution in [-0.2, 0) is 11.3 Å². The highest BCUT2D eigenvalue weighted by atomic mass is 16.5. The first-order chi connectivity index (χ1) is 10.8. The summed E-state index contributed by atoms with van der Waals surface area (Å²) in [6.45, 7) is 2.80. The molecule has 0 N–H and O–H groups in total. The molecule has 114 valence electrons. The smallest absolute Gasteiger partial charge is 0.241 e. The van der Waals surface area contributed by atoms with Gasteiger partial charge in [0.2, 0.25) is 5.91 Å². The molecule has 1 saturated heterocycles. The van der Waals surface area contributed by atoms with E-state index in [-0.39, 0.29) is 5.91 Å². The molecule has 0 unspecified atom stereocenters. The van der Waals surface area contributed by atoms with Gasteiger partial charge in [0.1, 0.15) is 5.75 Å². The molecule has 0 bridgehead atoms. The Morgan fingerprint density at radius 2 is 1.73 bits per heavy atom. The van der Waals surface area contributed by atoms with Gasteiger partial charge in [0.15, 0.2) is 0 Å². The molecule has 0 saturated carbocycles. The largest absolute Gasteiger partial charge is 0.495 e. The predicted octanol–water partition coefficient (Wildman–Crippen LogP) is 2.54. The number of nitrogens with zero attached hydrogens (tertiary/aromatic N) is 2. The van der Waals surface area contributed by atoms with E-state index in [0.717, 1.165) is 24.5 Å². The van der Waals surface area contributed by atoms with Gasteiger partial charge < -0.3 is 9.64 Å². The second kappa shape index (κ2) is 6.62. The minimum absolute atomic E-state index is 0.117. The molecule has 0 aromatic heterocycles. The van der Waals surface area contributed by atoms with E-state index in [1.54, 1.807) is 7.11 Å². The van der Waals surface area contributed by atoms with E-state index in [4.69, 9.17) is 4.74 Å². The van der Waals surface area contributed by atoms with Gasteiger partial charge in [-0.15, -0.1) is 0 Å². The van der Waals surface area contributed by atoms with Crippen LogP contribution < -0.4 is 9.64 Å². The lowest BCUT2D eigenvalue weighted by molar-refractivity contribution is -0.121. The molecule has 1 heterocycles. The number of anilines is 1. The number of hydrogen-bond acceptors (Lipinski definition) is 3. The fourth-order valence-electron chi connectivity index (χ4n) is 2.81. The van der Waals surface area contributed by atoms with Crippen LogP contribution in [-0.4, -0.2) is 37.6 Å². The minimum Gasteiger partial charge on any atom is -0.495 e. The first-order valence-corrected chi connectivity index (χ1v) is 7.47. The first kappa shape index (κ1) is 14.6. The van der Waals surface area contributed by atoms with E-state index in [2.05, 4.69) is 17.0 Å². The third kappa shape index (κ3) is 3.12. The molecule has 1 fully saturated rings. The van der Waals surface area contributed by atoms with Crippen LogP contribution in [0.25, 0.3) is 0 Å². The molecule has 1 aliphatic rings. The highest BCUT2D eigenvalue weighted by Gasteiger charge is 2.26. The fraction of sp³-hybridized carbons (Fsp3) is 0.278. The Hall–Kier alpha value is -2.33. The SMILES string of the molecule is COc1ccccc1N1CCN(Cc2ccccc2)CC1=O. The highest BCUT2D eigenvalue weighted by molar-refractivity contribution is 5.96. The number of benzene rings is 2. The van der Waals surface area contributed by atoms with Gasteiger partial charge in [-0.2, -0.15) is 0 Å². The van der Waals surface area contributed by atoms with Gasteiger partial charge in [-0.3, -0.25) is 9.69 Å². The predicted molar refractivity (Wildman–Crippen MR) is 87.1 cm³/mol. The summed E-state index contributed by atoms with van der Waals surface area (Å²) in [5.74, 6) is 0.860. The number of methoxy groups -OCH3 is 1. The summed E-state index contributed by atoms with van der Waals surface area (Å²) < 4.78 is 5.36. The molecular formula is C18H20N2O2. The van der Waals surface area contributed by atoms with E-state index in [9.17, 15) is 4.79 Å². The lowest BCUT2D eigenvalue weighted by atomic mass is 10.2. The molecule has 4 nitrogen and oxygen atoms in total. The van der Waals surface area contributed by atoms with Crippen LogP contribution in [0, 0.1) is 0 Å². The van der Waals surface area contributed by atoms with Crippen molar-refractivity contribution in [1.82, 2.24) is 4.90 Å². The van der Waals surface area contributed by atoms with Crippen LogP contribution in [0.5, 0.6) is 5.75 Å². The van der Waals surface area contributed by atoms with Crippen LogP contribution in [0.15, 0.2) is 54.6 Å². The van der Waals surface area contributed by atoms with Crippen LogP contribution in [0.4, 0.5) is 5.69 Å². The standard InChI is InChI=1S/C18H20N2O2/c1-22-17-10-6-5-9-16(17)20-12-11-19(14-18(20)21)13-15-7-3-2-4-8-15/h2-10H,11-14H2,1H3. The van der Waals surface area contributed by atoms with Crippen molar-refractivity contribution in [3.63, 3.8) is 0 Å². The zero-order chi connectivity index (χ0) is 15.4. The summed E-state index contributed by atoms with van der Waals surface area (Å²) in [4.78, 5) is 16.5. The number of rotatable bonds is 4. The van der Waals surface area contributed by atoms with Crippen molar-refractivity contribution in [2.45, 2.75) is 6.54 Å². The Morgan fingerprint density at radius 1 is 1.00 bits per heavy atom. The van der Waals surface area contributed by atoms with Crippen molar-refractivity contribution in [3.05, 3.63) is 60.2 Å². The number of ether oxygens (including phenoxy) is 1. The molecule has 2 aromatic rings. The van der Waals surface area contributed by atoms with Crippen LogP contribution >= 0.6 is 0 Å². The van der Waals surface area contributed by atoms with Gasteiger partial charge in [0, 0.05) is 19.6 Å². The lowest BCUT2D eigenvalue weighted by Gasteiger charge is -2.34. The maximum atomic E-state index is 12.5. The molecule has 0 atom stereocenters. The lowest BCUT2D eigenvalue weighted by Crippen LogP contribution is -2.50. The zero-order valence-electron chi connectivity index (χ0n) is 12.7. The van der Waals surface area contributed by atoms with Gasteiger partial charge in [-0.05, 0) is 17.7 Å². The van der Waals surface area contributed by atoms with E-state index >= 15 is 0 Å². The Kier molecular flexibility index (Phi) is 4.39. The van der Waals surface area contributed by atoms with Crippen molar-refractivity contribution in [2.24, 2.45) is 0 Å². The Labute approximate surface area is 130 Å². The van der Waals surface area contributed by atoms with Gasteiger partial charge in [0.25, 0.3) is 0 Å². The summed E-state index contributed by atoms with van der Waals surface area (Å²) in [6, 6.07) is 17.9. The van der Waals surface area contributed by atoms with Gasteiger partial charge in [-0.25, -0.2) is 0 Å². The average Bonchev–Trinajstić information content (AvgIpc) is 2.56. The molecule has 0 spiro atoms. The number of piperazine rings is 1. The van der Waals surface area contributed by atoms with E-state index in [1.807, 2.05) is 47.4 Å². The number of para-hydroxylation sites is 2. The van der Waals surface area contributed by atoms with E-state index in [0.29, 0.717) is 13.1 Å². The summed E-state index contributed by atoms with van der Waals surface area (Å²) >= 11 is 0. The topological polar surface area (TPSA) is 32.8 Å². The molecule has 4 heteroatoms. The van der Waals surface area contributed by atoms with Crippen LogP contribution in [0.3, 0.4) is 0 Å². The molecule has 1 aliphatic heterocycles. The number of carbonyl (C=O) groups excluding carboxylic acids is 1. The van der Waals surface area contributed by atoms with Crippen LogP contribution in [0.2, 0.25) is 0 Å². The number of carbonyl (C=O) groups is 1. The van der Waals surface area contributed by atoms with Gasteiger partial charge >= 0.3 is 0 Å². The zero-order valence-corrected chi connectivity index (χ0v) is 12.7. The number of amides is 1. The molecule has 22 heavy (non-hydrogen) atoms. The highest BCUT2D eigenvalue weighted by Crippen LogP contribution is 2.29. The maximum Gasteiger partial charge on any atom is 0.241 e. The Morgan fingerprint density at radius 3 is 2.45 bits per heavy atom. The minimum atomic E-state index is 0.117. The third-order valence-electron chi connectivity index (χ3n) is 3.92. The maximum absolute atomic E-state index is 12.5. The monoisotopic (exact) mass is 296 g/mol. The Balaban J connectivity index is 1.69. The van der Waals surface area contributed by atoms with E-state index < -0.39 is 0 Å². The van der Waals surface area contributed by atoms with Crippen molar-refractivity contribution >= 4 is 11.6 Å². The molecule has 2 aromatic carbocycles. The molecule has 0 radical (unpaired) electrons. The van der Waals surface area contributed by atoms with Gasteiger partial charge in [-0.1, -0.05) is 42.5 Å². The summed E-state index contributed by atoms with van der Waals surface area (Å²) in [6.07, 6.45) is 0. The van der Waals surface area contributed by atoms with Crippen molar-refractivity contribution < 1.29 is 9.53 Å². The molecular weight excluding hydrogens is 276 g/mol. The van der Waals surface area contributed by atoms with Crippen molar-refractivity contribution in [2.75, 3.05) is 31.6 Å². The summed E-state index contributed by atoms with van der Waals surface area (Å²) in [7, 11) is 1.63. The van der Waals surface area contributed by atoms with Crippen molar-refractivity contribution in [1.29, 1.82) is 0 Å². The first-order valence-electron chi connectivity index (χ1n) is 7.47. The quantitative estimate of drug-likeness (QED) is 0.869. The second-order valence-corrected chi connectivity index (χ2v) is 5.41. The van der Waals surface area contributed by atoms with E-state index in [1.165, 1.54) is 5.56 Å². The molecule has 0 aliphatic carbocycles. The Bertz CT molecular complexity index is 643. The second-order valence-electron chi connectivity index (χ2n) is 5.41. The number of hydrogen-bond donors (Lipinski definition) is 0. The van der Waals surface area contributed by atoms with Gasteiger partial charge in [0.05, 0.1) is 19.3 Å². The van der Waals surface area contributed by atoms with Crippen molar-refractivity contribution in [3.8, 4) is 5.75 Å². The summed E-state index contributed by atoms with van der Waals surface area (Å²) in [5.41, 5.74) is 2.09. The fourth-order valence-corrected chi connectivity index (χ4v) is 2.81. The normalized spacial score (nSPS) is 15.9.